The molecular formula is C24H24BrCl2N3O2. The molecule has 0 amide bonds. The molecule has 0 radical (unpaired) electrons. The second kappa shape index (κ2) is 9.94. The van der Waals surface area contributed by atoms with E-state index in [1.807, 2.05) is 26.0 Å². The van der Waals surface area contributed by atoms with Crippen LogP contribution in [0.5, 0.6) is 5.75 Å². The quantitative estimate of drug-likeness (QED) is 0.324. The summed E-state index contributed by atoms with van der Waals surface area (Å²) < 4.78 is 7.95. The van der Waals surface area contributed by atoms with E-state index in [9.17, 15) is 4.79 Å². The monoisotopic (exact) mass is 535 g/mol. The van der Waals surface area contributed by atoms with Gasteiger partial charge in [-0.3, -0.25) is 4.79 Å². The summed E-state index contributed by atoms with van der Waals surface area (Å²) in [6.45, 7) is 3.82. The molecule has 1 saturated carbocycles. The van der Waals surface area contributed by atoms with E-state index < -0.39 is 0 Å². The fraction of sp³-hybridized carbons (Fsp3) is 0.375. The minimum atomic E-state index is -0.190. The maximum Gasteiger partial charge on any atom is 0.282 e. The molecule has 0 bridgehead atoms. The van der Waals surface area contributed by atoms with Gasteiger partial charge in [0.2, 0.25) is 0 Å². The fourth-order valence-electron chi connectivity index (χ4n) is 4.03. The maximum absolute atomic E-state index is 13.4. The van der Waals surface area contributed by atoms with Crippen molar-refractivity contribution in [2.45, 2.75) is 58.0 Å². The molecule has 0 spiro atoms. The zero-order valence-corrected chi connectivity index (χ0v) is 21.0. The van der Waals surface area contributed by atoms with E-state index in [1.54, 1.807) is 24.4 Å². The van der Waals surface area contributed by atoms with Crippen molar-refractivity contribution >= 4 is 56.2 Å². The van der Waals surface area contributed by atoms with Crippen LogP contribution in [0.2, 0.25) is 10.0 Å². The average Bonchev–Trinajstić information content (AvgIpc) is 2.76. The Morgan fingerprint density at radius 1 is 1.16 bits per heavy atom. The van der Waals surface area contributed by atoms with Crippen LogP contribution in [0.4, 0.5) is 0 Å². The van der Waals surface area contributed by atoms with E-state index in [-0.39, 0.29) is 17.6 Å². The predicted octanol–water partition coefficient (Wildman–Crippen LogP) is 7.18. The van der Waals surface area contributed by atoms with Crippen molar-refractivity contribution in [1.82, 2.24) is 9.66 Å². The molecular weight excluding hydrogens is 513 g/mol. The number of nitrogens with zero attached hydrogens (tertiary/aromatic N) is 3. The Labute approximate surface area is 205 Å². The molecule has 0 aliphatic heterocycles. The highest BCUT2D eigenvalue weighted by Crippen LogP contribution is 2.35. The van der Waals surface area contributed by atoms with Gasteiger partial charge in [-0.2, -0.15) is 9.78 Å². The lowest BCUT2D eigenvalue weighted by Gasteiger charge is -2.22. The smallest absolute Gasteiger partial charge is 0.282 e. The Morgan fingerprint density at radius 3 is 2.50 bits per heavy atom. The first-order valence-electron chi connectivity index (χ1n) is 10.8. The molecule has 1 aromatic heterocycles. The highest BCUT2D eigenvalue weighted by atomic mass is 79.9. The number of rotatable bonds is 5. The van der Waals surface area contributed by atoms with Crippen LogP contribution in [0.3, 0.4) is 0 Å². The molecule has 0 atom stereocenters. The molecule has 3 aromatic rings. The Bertz CT molecular complexity index is 1210. The van der Waals surface area contributed by atoms with Gasteiger partial charge in [-0.25, -0.2) is 4.98 Å². The van der Waals surface area contributed by atoms with E-state index in [4.69, 9.17) is 32.9 Å². The van der Waals surface area contributed by atoms with Crippen LogP contribution >= 0.6 is 39.1 Å². The lowest BCUT2D eigenvalue weighted by molar-refractivity contribution is 0.243. The number of aromatic nitrogens is 2. The van der Waals surface area contributed by atoms with Crippen LogP contribution in [0, 0.1) is 0 Å². The molecule has 1 heterocycles. The van der Waals surface area contributed by atoms with E-state index in [0.29, 0.717) is 38.1 Å². The summed E-state index contributed by atoms with van der Waals surface area (Å²) in [7, 11) is 0. The highest BCUT2D eigenvalue weighted by Gasteiger charge is 2.22. The van der Waals surface area contributed by atoms with E-state index >= 15 is 0 Å². The van der Waals surface area contributed by atoms with Gasteiger partial charge in [-0.05, 0) is 62.6 Å². The van der Waals surface area contributed by atoms with Gasteiger partial charge < -0.3 is 4.74 Å². The summed E-state index contributed by atoms with van der Waals surface area (Å²) in [6.07, 6.45) is 7.02. The van der Waals surface area contributed by atoms with Crippen LogP contribution in [-0.2, 0) is 0 Å². The zero-order chi connectivity index (χ0) is 22.8. The number of hydrogen-bond donors (Lipinski definition) is 0. The van der Waals surface area contributed by atoms with Crippen LogP contribution < -0.4 is 10.3 Å². The molecule has 0 N–H and O–H groups in total. The molecule has 1 aliphatic carbocycles. The molecule has 0 saturated heterocycles. The molecule has 1 fully saturated rings. The normalized spacial score (nSPS) is 15.2. The summed E-state index contributed by atoms with van der Waals surface area (Å²) in [5.41, 5.74) is 1.17. The Hall–Kier alpha value is -1.89. The molecule has 4 rings (SSSR count). The summed E-state index contributed by atoms with van der Waals surface area (Å²) in [5, 5.41) is 5.86. The van der Waals surface area contributed by atoms with Gasteiger partial charge in [-0.15, -0.1) is 0 Å². The van der Waals surface area contributed by atoms with Crippen LogP contribution in [-0.4, -0.2) is 22.0 Å². The number of hydrogen-bond acceptors (Lipinski definition) is 4. The number of fused-ring (bicyclic) bond motifs is 1. The fourth-order valence-corrected chi connectivity index (χ4v) is 4.98. The summed E-state index contributed by atoms with van der Waals surface area (Å²) in [5.74, 6) is 1.35. The lowest BCUT2D eigenvalue weighted by Crippen LogP contribution is -2.25. The van der Waals surface area contributed by atoms with Gasteiger partial charge >= 0.3 is 0 Å². The van der Waals surface area contributed by atoms with Gasteiger partial charge in [0.05, 0.1) is 33.3 Å². The molecule has 5 nitrogen and oxygen atoms in total. The number of ether oxygens (including phenoxy) is 1. The average molecular weight is 537 g/mol. The van der Waals surface area contributed by atoms with Gasteiger partial charge in [0.1, 0.15) is 5.82 Å². The summed E-state index contributed by atoms with van der Waals surface area (Å²) in [6, 6.07) is 9.01. The Kier molecular flexibility index (Phi) is 7.23. The maximum atomic E-state index is 13.4. The van der Waals surface area contributed by atoms with Gasteiger partial charge in [-0.1, -0.05) is 58.4 Å². The minimum Gasteiger partial charge on any atom is -0.488 e. The summed E-state index contributed by atoms with van der Waals surface area (Å²) >= 11 is 16.2. The van der Waals surface area contributed by atoms with Crippen molar-refractivity contribution in [2.75, 3.05) is 0 Å². The van der Waals surface area contributed by atoms with Crippen molar-refractivity contribution in [3.05, 3.63) is 66.6 Å². The topological polar surface area (TPSA) is 56.5 Å². The van der Waals surface area contributed by atoms with Gasteiger partial charge in [0.15, 0.2) is 5.75 Å². The first-order valence-corrected chi connectivity index (χ1v) is 12.3. The first-order chi connectivity index (χ1) is 15.3. The third-order valence-electron chi connectivity index (χ3n) is 5.50. The van der Waals surface area contributed by atoms with Gasteiger partial charge in [0.25, 0.3) is 5.56 Å². The Morgan fingerprint density at radius 2 is 1.84 bits per heavy atom. The molecule has 168 valence electrons. The highest BCUT2D eigenvalue weighted by molar-refractivity contribution is 9.10. The van der Waals surface area contributed by atoms with Crippen LogP contribution in [0.15, 0.2) is 44.7 Å². The first kappa shape index (κ1) is 23.3. The molecule has 8 heteroatoms. The summed E-state index contributed by atoms with van der Waals surface area (Å²) in [4.78, 5) is 18.2. The molecule has 1 aliphatic rings. The second-order valence-electron chi connectivity index (χ2n) is 8.31. The predicted molar refractivity (Wildman–Crippen MR) is 135 cm³/mol. The second-order valence-corrected chi connectivity index (χ2v) is 10.0. The largest absolute Gasteiger partial charge is 0.488 e. The van der Waals surface area contributed by atoms with Crippen LogP contribution in [0.1, 0.15) is 63.3 Å². The van der Waals surface area contributed by atoms with Crippen molar-refractivity contribution < 1.29 is 4.74 Å². The molecule has 2 aromatic carbocycles. The molecule has 0 unspecified atom stereocenters. The van der Waals surface area contributed by atoms with Crippen LogP contribution in [0.25, 0.3) is 10.9 Å². The molecule has 32 heavy (non-hydrogen) atoms. The van der Waals surface area contributed by atoms with Crippen molar-refractivity contribution in [2.24, 2.45) is 5.10 Å². The minimum absolute atomic E-state index is 0.0517. The zero-order valence-electron chi connectivity index (χ0n) is 17.9. The van der Waals surface area contributed by atoms with E-state index in [0.717, 1.165) is 30.2 Å². The van der Waals surface area contributed by atoms with E-state index in [1.165, 1.54) is 11.1 Å². The van der Waals surface area contributed by atoms with Crippen molar-refractivity contribution in [3.63, 3.8) is 0 Å². The number of halogens is 3. The SMILES string of the molecule is CC(C)Oc1c(Cl)cc(C=Nn2c(C3CCCCC3)nc3ccc(Br)cc3c2=O)cc1Cl. The van der Waals surface area contributed by atoms with Gasteiger partial charge in [0, 0.05) is 10.4 Å². The van der Waals surface area contributed by atoms with Crippen molar-refractivity contribution in [1.29, 1.82) is 0 Å². The number of benzene rings is 2. The third kappa shape index (κ3) is 5.03. The Balaban J connectivity index is 1.80. The third-order valence-corrected chi connectivity index (χ3v) is 6.55. The van der Waals surface area contributed by atoms with E-state index in [2.05, 4.69) is 21.0 Å². The standard InChI is InChI=1S/C24H24BrCl2N3O2/c1-14(2)32-22-19(26)10-15(11-20(22)27)13-28-30-23(16-6-4-3-5-7-16)29-21-9-8-17(25)12-18(21)24(30)31/h8-14,16H,3-7H2,1-2H3. The lowest BCUT2D eigenvalue weighted by atomic mass is 9.88. The van der Waals surface area contributed by atoms with Crippen molar-refractivity contribution in [3.8, 4) is 5.75 Å².